The van der Waals surface area contributed by atoms with E-state index in [0.717, 1.165) is 16.6 Å². The van der Waals surface area contributed by atoms with Crippen LogP contribution in [0.4, 0.5) is 4.79 Å². The van der Waals surface area contributed by atoms with Gasteiger partial charge in [-0.3, -0.25) is 5.10 Å². The molecule has 0 bridgehead atoms. The Morgan fingerprint density at radius 3 is 2.75 bits per heavy atom. The Kier molecular flexibility index (Phi) is 2.92. The number of ether oxygens (including phenoxy) is 1. The van der Waals surface area contributed by atoms with Crippen molar-refractivity contribution in [1.82, 2.24) is 15.1 Å². The molecule has 0 unspecified atom stereocenters. The molecule has 0 saturated carbocycles. The minimum atomic E-state index is -0.442. The number of hydrogen-bond donors (Lipinski definition) is 1. The number of likely N-dealkylation sites (tertiary alicyclic amines) is 1. The highest BCUT2D eigenvalue weighted by Crippen LogP contribution is 2.31. The number of aromatic nitrogens is 2. The molecule has 1 aromatic heterocycles. The molecule has 2 aromatic rings. The molecule has 3 rings (SSSR count). The summed E-state index contributed by atoms with van der Waals surface area (Å²) >= 11 is 0. The van der Waals surface area contributed by atoms with Crippen LogP contribution in [-0.4, -0.2) is 39.9 Å². The molecule has 1 fully saturated rings. The smallest absolute Gasteiger partial charge is 0.410 e. The molecule has 1 amide bonds. The predicted molar refractivity (Wildman–Crippen MR) is 76.6 cm³/mol. The van der Waals surface area contributed by atoms with E-state index in [4.69, 9.17) is 4.74 Å². The second kappa shape index (κ2) is 4.51. The maximum Gasteiger partial charge on any atom is 0.410 e. The molecule has 1 aromatic carbocycles. The first kappa shape index (κ1) is 13.0. The summed E-state index contributed by atoms with van der Waals surface area (Å²) in [5, 5.41) is 8.53. The molecule has 106 valence electrons. The topological polar surface area (TPSA) is 58.2 Å². The molecular weight excluding hydrogens is 254 g/mol. The normalized spacial score (nSPS) is 16.2. The van der Waals surface area contributed by atoms with E-state index >= 15 is 0 Å². The van der Waals surface area contributed by atoms with Crippen LogP contribution in [-0.2, 0) is 4.74 Å². The first-order chi connectivity index (χ1) is 9.44. The van der Waals surface area contributed by atoms with Gasteiger partial charge in [-0.05, 0) is 26.8 Å². The fourth-order valence-corrected chi connectivity index (χ4v) is 2.43. The quantitative estimate of drug-likeness (QED) is 0.869. The van der Waals surface area contributed by atoms with Crippen LogP contribution in [0.15, 0.2) is 24.3 Å². The molecule has 1 saturated heterocycles. The molecule has 1 N–H and O–H groups in total. The van der Waals surface area contributed by atoms with Gasteiger partial charge in [0.15, 0.2) is 0 Å². The van der Waals surface area contributed by atoms with E-state index in [1.54, 1.807) is 4.90 Å². The maximum atomic E-state index is 11.9. The third-order valence-electron chi connectivity index (χ3n) is 3.43. The van der Waals surface area contributed by atoms with Gasteiger partial charge in [0.2, 0.25) is 0 Å². The van der Waals surface area contributed by atoms with Crippen LogP contribution in [0.5, 0.6) is 0 Å². The largest absolute Gasteiger partial charge is 0.444 e. The molecular formula is C15H19N3O2. The van der Waals surface area contributed by atoms with Gasteiger partial charge in [0, 0.05) is 30.1 Å². The number of aromatic amines is 1. The van der Waals surface area contributed by atoms with Crippen molar-refractivity contribution in [3.05, 3.63) is 30.0 Å². The number of amides is 1. The van der Waals surface area contributed by atoms with E-state index in [9.17, 15) is 4.79 Å². The van der Waals surface area contributed by atoms with Crippen molar-refractivity contribution in [2.45, 2.75) is 32.3 Å². The van der Waals surface area contributed by atoms with E-state index < -0.39 is 5.60 Å². The van der Waals surface area contributed by atoms with Crippen LogP contribution in [0, 0.1) is 0 Å². The van der Waals surface area contributed by atoms with E-state index in [-0.39, 0.29) is 6.09 Å². The van der Waals surface area contributed by atoms with Crippen LogP contribution in [0.1, 0.15) is 32.4 Å². The first-order valence-electron chi connectivity index (χ1n) is 6.85. The Balaban J connectivity index is 1.67. The molecule has 20 heavy (non-hydrogen) atoms. The van der Waals surface area contributed by atoms with Gasteiger partial charge in [-0.25, -0.2) is 4.79 Å². The summed E-state index contributed by atoms with van der Waals surface area (Å²) in [4.78, 5) is 13.6. The first-order valence-corrected chi connectivity index (χ1v) is 6.85. The number of carbonyl (C=O) groups is 1. The van der Waals surface area contributed by atoms with Gasteiger partial charge in [-0.15, -0.1) is 0 Å². The van der Waals surface area contributed by atoms with Crippen LogP contribution >= 0.6 is 0 Å². The summed E-state index contributed by atoms with van der Waals surface area (Å²) in [6, 6.07) is 8.02. The lowest BCUT2D eigenvalue weighted by atomic mass is 9.94. The molecule has 0 spiro atoms. The summed E-state index contributed by atoms with van der Waals surface area (Å²) in [5.74, 6) is 0.315. The number of H-pyrrole nitrogens is 1. The average molecular weight is 273 g/mol. The zero-order valence-electron chi connectivity index (χ0n) is 12.0. The number of rotatable bonds is 1. The third-order valence-corrected chi connectivity index (χ3v) is 3.43. The van der Waals surface area contributed by atoms with Crippen molar-refractivity contribution in [2.75, 3.05) is 13.1 Å². The summed E-state index contributed by atoms with van der Waals surface area (Å²) in [6.07, 6.45) is -0.238. The zero-order chi connectivity index (χ0) is 14.3. The van der Waals surface area contributed by atoms with E-state index in [2.05, 4.69) is 16.3 Å². The standard InChI is InChI=1S/C15H19N3O2/c1-15(2,3)20-14(19)18-8-10(9-18)13-11-6-4-5-7-12(11)16-17-13/h4-7,10H,8-9H2,1-3H3,(H,16,17). The van der Waals surface area contributed by atoms with Crippen molar-refractivity contribution >= 4 is 17.0 Å². The van der Waals surface area contributed by atoms with Gasteiger partial charge < -0.3 is 9.64 Å². The van der Waals surface area contributed by atoms with Crippen molar-refractivity contribution in [3.8, 4) is 0 Å². The van der Waals surface area contributed by atoms with E-state index in [1.165, 1.54) is 0 Å². The molecule has 2 heterocycles. The van der Waals surface area contributed by atoms with Crippen molar-refractivity contribution in [1.29, 1.82) is 0 Å². The number of benzene rings is 1. The monoisotopic (exact) mass is 273 g/mol. The molecule has 5 nitrogen and oxygen atoms in total. The van der Waals surface area contributed by atoms with Crippen LogP contribution in [0.3, 0.4) is 0 Å². The van der Waals surface area contributed by atoms with Gasteiger partial charge in [-0.1, -0.05) is 18.2 Å². The summed E-state index contributed by atoms with van der Waals surface area (Å²) < 4.78 is 5.36. The highest BCUT2D eigenvalue weighted by Gasteiger charge is 2.36. The summed E-state index contributed by atoms with van der Waals surface area (Å²) in [5.41, 5.74) is 1.64. The number of hydrogen-bond acceptors (Lipinski definition) is 3. The third kappa shape index (κ3) is 2.35. The lowest BCUT2D eigenvalue weighted by molar-refractivity contribution is 0.00797. The molecule has 5 heteroatoms. The van der Waals surface area contributed by atoms with Gasteiger partial charge >= 0.3 is 6.09 Å². The molecule has 0 radical (unpaired) electrons. The van der Waals surface area contributed by atoms with Gasteiger partial charge in [-0.2, -0.15) is 5.10 Å². The fourth-order valence-electron chi connectivity index (χ4n) is 2.43. The maximum absolute atomic E-state index is 11.9. The summed E-state index contributed by atoms with van der Waals surface area (Å²) in [6.45, 7) is 7.00. The Labute approximate surface area is 117 Å². The lowest BCUT2D eigenvalue weighted by Crippen LogP contribution is -2.50. The zero-order valence-corrected chi connectivity index (χ0v) is 12.0. The number of carbonyl (C=O) groups excluding carboxylic acids is 1. The minimum Gasteiger partial charge on any atom is -0.444 e. The van der Waals surface area contributed by atoms with Crippen molar-refractivity contribution in [2.24, 2.45) is 0 Å². The van der Waals surface area contributed by atoms with Gasteiger partial charge in [0.05, 0.1) is 5.52 Å². The Hall–Kier alpha value is -2.04. The average Bonchev–Trinajstić information content (AvgIpc) is 2.69. The predicted octanol–water partition coefficient (Wildman–Crippen LogP) is 2.90. The Morgan fingerprint density at radius 2 is 2.05 bits per heavy atom. The van der Waals surface area contributed by atoms with Crippen LogP contribution in [0.25, 0.3) is 10.9 Å². The van der Waals surface area contributed by atoms with E-state index in [0.29, 0.717) is 19.0 Å². The highest BCUT2D eigenvalue weighted by atomic mass is 16.6. The molecule has 1 aliphatic heterocycles. The van der Waals surface area contributed by atoms with Crippen molar-refractivity contribution in [3.63, 3.8) is 0 Å². The summed E-state index contributed by atoms with van der Waals surface area (Å²) in [7, 11) is 0. The highest BCUT2D eigenvalue weighted by molar-refractivity contribution is 5.82. The molecule has 1 aliphatic rings. The number of para-hydroxylation sites is 1. The Bertz CT molecular complexity index is 636. The second-order valence-electron chi connectivity index (χ2n) is 6.24. The fraction of sp³-hybridized carbons (Fsp3) is 0.467. The van der Waals surface area contributed by atoms with Gasteiger partial charge in [0.25, 0.3) is 0 Å². The van der Waals surface area contributed by atoms with Crippen LogP contribution in [0.2, 0.25) is 0 Å². The molecule has 0 atom stereocenters. The number of nitrogens with one attached hydrogen (secondary N) is 1. The van der Waals surface area contributed by atoms with Crippen LogP contribution < -0.4 is 0 Å². The molecule has 0 aliphatic carbocycles. The van der Waals surface area contributed by atoms with Gasteiger partial charge in [0.1, 0.15) is 5.60 Å². The Morgan fingerprint density at radius 1 is 1.35 bits per heavy atom. The number of nitrogens with zero attached hydrogens (tertiary/aromatic N) is 2. The minimum absolute atomic E-state index is 0.238. The van der Waals surface area contributed by atoms with Crippen molar-refractivity contribution < 1.29 is 9.53 Å². The second-order valence-corrected chi connectivity index (χ2v) is 6.24. The lowest BCUT2D eigenvalue weighted by Gasteiger charge is -2.39. The van der Waals surface area contributed by atoms with E-state index in [1.807, 2.05) is 39.0 Å². The number of fused-ring (bicyclic) bond motifs is 1. The SMILES string of the molecule is CC(C)(C)OC(=O)N1CC(c2[nH]nc3ccccc23)C1.